The van der Waals surface area contributed by atoms with Gasteiger partial charge in [-0.05, 0) is 30.0 Å². The van der Waals surface area contributed by atoms with Gasteiger partial charge in [0.05, 0.1) is 12.5 Å². The summed E-state index contributed by atoms with van der Waals surface area (Å²) in [6.45, 7) is 5.02. The van der Waals surface area contributed by atoms with Crippen LogP contribution < -0.4 is 5.32 Å². The fourth-order valence-electron chi connectivity index (χ4n) is 2.95. The average Bonchev–Trinajstić information content (AvgIpc) is 2.83. The molecular weight excluding hydrogens is 266 g/mol. The predicted molar refractivity (Wildman–Crippen MR) is 80.5 cm³/mol. The molecule has 5 heteroatoms. The zero-order valence-corrected chi connectivity index (χ0v) is 12.7. The molecule has 0 spiro atoms. The zero-order chi connectivity index (χ0) is 15.2. The van der Waals surface area contributed by atoms with E-state index in [9.17, 15) is 9.59 Å². The maximum atomic E-state index is 12.4. The van der Waals surface area contributed by atoms with Gasteiger partial charge in [0.15, 0.2) is 0 Å². The van der Waals surface area contributed by atoms with Crippen LogP contribution >= 0.6 is 0 Å². The minimum atomic E-state index is -0.0236. The third-order valence-corrected chi connectivity index (χ3v) is 3.95. The van der Waals surface area contributed by atoms with Gasteiger partial charge in [0.2, 0.25) is 11.8 Å². The van der Waals surface area contributed by atoms with Crippen molar-refractivity contribution in [3.05, 3.63) is 30.1 Å². The number of carbonyl (C=O) groups is 2. The van der Waals surface area contributed by atoms with Crippen LogP contribution in [0.3, 0.4) is 0 Å². The highest BCUT2D eigenvalue weighted by Crippen LogP contribution is 2.22. The van der Waals surface area contributed by atoms with Crippen LogP contribution in [0.5, 0.6) is 0 Å². The number of amides is 2. The third kappa shape index (κ3) is 4.28. The van der Waals surface area contributed by atoms with Crippen LogP contribution in [0.1, 0.15) is 32.3 Å². The number of nitrogens with one attached hydrogen (secondary N) is 1. The van der Waals surface area contributed by atoms with Gasteiger partial charge in [-0.3, -0.25) is 14.6 Å². The predicted octanol–water partition coefficient (Wildman–Crippen LogP) is 1.39. The van der Waals surface area contributed by atoms with Crippen molar-refractivity contribution >= 4 is 11.8 Å². The van der Waals surface area contributed by atoms with E-state index in [1.807, 2.05) is 17.0 Å². The molecule has 21 heavy (non-hydrogen) atoms. The smallest absolute Gasteiger partial charge is 0.227 e. The molecule has 1 aliphatic rings. The van der Waals surface area contributed by atoms with Crippen LogP contribution in [0, 0.1) is 5.92 Å². The Morgan fingerprint density at radius 1 is 1.33 bits per heavy atom. The number of aromatic nitrogens is 1. The number of hydrogen-bond acceptors (Lipinski definition) is 3. The van der Waals surface area contributed by atoms with Crippen molar-refractivity contribution < 1.29 is 9.59 Å². The highest BCUT2D eigenvalue weighted by Gasteiger charge is 2.34. The molecular formula is C16H23N3O2. The first-order valence-corrected chi connectivity index (χ1v) is 7.54. The van der Waals surface area contributed by atoms with Gasteiger partial charge in [-0.15, -0.1) is 0 Å². The van der Waals surface area contributed by atoms with E-state index in [1.165, 1.54) is 6.92 Å². The average molecular weight is 289 g/mol. The van der Waals surface area contributed by atoms with Crippen molar-refractivity contribution in [3.63, 3.8) is 0 Å². The summed E-state index contributed by atoms with van der Waals surface area (Å²) in [5, 5.41) is 2.98. The normalized spacial score (nSPS) is 21.3. The molecule has 0 unspecified atom stereocenters. The molecule has 2 rings (SSSR count). The lowest BCUT2D eigenvalue weighted by atomic mass is 9.98. The Labute approximate surface area is 125 Å². The molecule has 1 saturated heterocycles. The molecule has 1 fully saturated rings. The van der Waals surface area contributed by atoms with Crippen molar-refractivity contribution in [2.45, 2.75) is 39.2 Å². The maximum absolute atomic E-state index is 12.4. The lowest BCUT2D eigenvalue weighted by molar-refractivity contribution is -0.129. The van der Waals surface area contributed by atoms with Crippen molar-refractivity contribution in [1.82, 2.24) is 15.2 Å². The lowest BCUT2D eigenvalue weighted by Crippen LogP contribution is -2.40. The summed E-state index contributed by atoms with van der Waals surface area (Å²) >= 11 is 0. The molecule has 1 aliphatic heterocycles. The first kappa shape index (κ1) is 15.5. The molecule has 1 aromatic heterocycles. The van der Waals surface area contributed by atoms with Gasteiger partial charge >= 0.3 is 0 Å². The Hall–Kier alpha value is -1.91. The molecule has 0 aromatic carbocycles. The Morgan fingerprint density at radius 2 is 2.05 bits per heavy atom. The maximum Gasteiger partial charge on any atom is 0.227 e. The number of hydrogen-bond donors (Lipinski definition) is 1. The Morgan fingerprint density at radius 3 is 2.67 bits per heavy atom. The molecule has 2 heterocycles. The molecule has 0 aliphatic carbocycles. The summed E-state index contributed by atoms with van der Waals surface area (Å²) in [6, 6.07) is 3.81. The van der Waals surface area contributed by atoms with Crippen molar-refractivity contribution in [1.29, 1.82) is 0 Å². The molecule has 0 radical (unpaired) electrons. The van der Waals surface area contributed by atoms with E-state index in [-0.39, 0.29) is 17.9 Å². The van der Waals surface area contributed by atoms with Crippen LogP contribution in [-0.4, -0.2) is 40.8 Å². The molecule has 1 aromatic rings. The second-order valence-corrected chi connectivity index (χ2v) is 5.69. The Bertz CT molecular complexity index is 490. The highest BCUT2D eigenvalue weighted by molar-refractivity contribution is 5.79. The number of pyridine rings is 1. The van der Waals surface area contributed by atoms with E-state index in [0.29, 0.717) is 18.9 Å². The second kappa shape index (κ2) is 7.20. The number of carbonyl (C=O) groups excluding carboxylic acids is 2. The van der Waals surface area contributed by atoms with Gasteiger partial charge < -0.3 is 10.2 Å². The minimum absolute atomic E-state index is 0.0236. The van der Waals surface area contributed by atoms with Crippen LogP contribution in [0.15, 0.2) is 24.5 Å². The number of rotatable bonds is 5. The van der Waals surface area contributed by atoms with Gasteiger partial charge in [0, 0.05) is 32.4 Å². The van der Waals surface area contributed by atoms with Gasteiger partial charge in [-0.2, -0.15) is 0 Å². The fourth-order valence-corrected chi connectivity index (χ4v) is 2.95. The first-order valence-electron chi connectivity index (χ1n) is 7.54. The van der Waals surface area contributed by atoms with E-state index >= 15 is 0 Å². The lowest BCUT2D eigenvalue weighted by Gasteiger charge is -2.17. The number of likely N-dealkylation sites (tertiary alicyclic amines) is 1. The SMILES string of the molecule is CCC[C@H]1CN(C(=O)Cc2ccncc2)C[C@@H]1NC(C)=O. The van der Waals surface area contributed by atoms with E-state index in [1.54, 1.807) is 12.4 Å². The highest BCUT2D eigenvalue weighted by atomic mass is 16.2. The molecule has 2 atom stereocenters. The summed E-state index contributed by atoms with van der Waals surface area (Å²) < 4.78 is 0. The fraction of sp³-hybridized carbons (Fsp3) is 0.562. The summed E-state index contributed by atoms with van der Waals surface area (Å²) in [4.78, 5) is 29.5. The Balaban J connectivity index is 1.97. The largest absolute Gasteiger partial charge is 0.351 e. The summed E-state index contributed by atoms with van der Waals surface area (Å²) in [5.41, 5.74) is 0.977. The summed E-state index contributed by atoms with van der Waals surface area (Å²) in [7, 11) is 0. The minimum Gasteiger partial charge on any atom is -0.351 e. The molecule has 114 valence electrons. The van der Waals surface area contributed by atoms with Gasteiger partial charge in [0.1, 0.15) is 0 Å². The molecule has 2 amide bonds. The van der Waals surface area contributed by atoms with Crippen LogP contribution in [0.25, 0.3) is 0 Å². The van der Waals surface area contributed by atoms with Crippen molar-refractivity contribution in [2.75, 3.05) is 13.1 Å². The zero-order valence-electron chi connectivity index (χ0n) is 12.7. The van der Waals surface area contributed by atoms with Crippen LogP contribution in [-0.2, 0) is 16.0 Å². The van der Waals surface area contributed by atoms with E-state index in [4.69, 9.17) is 0 Å². The van der Waals surface area contributed by atoms with Gasteiger partial charge in [-0.25, -0.2) is 0 Å². The summed E-state index contributed by atoms with van der Waals surface area (Å²) in [5.74, 6) is 0.458. The van der Waals surface area contributed by atoms with E-state index in [0.717, 1.165) is 24.9 Å². The van der Waals surface area contributed by atoms with Crippen LogP contribution in [0.4, 0.5) is 0 Å². The van der Waals surface area contributed by atoms with Crippen LogP contribution in [0.2, 0.25) is 0 Å². The topological polar surface area (TPSA) is 62.3 Å². The molecule has 5 nitrogen and oxygen atoms in total. The molecule has 0 bridgehead atoms. The van der Waals surface area contributed by atoms with E-state index in [2.05, 4.69) is 17.2 Å². The first-order chi connectivity index (χ1) is 10.1. The number of nitrogens with zero attached hydrogens (tertiary/aromatic N) is 2. The quantitative estimate of drug-likeness (QED) is 0.891. The van der Waals surface area contributed by atoms with E-state index < -0.39 is 0 Å². The monoisotopic (exact) mass is 289 g/mol. The molecule has 1 N–H and O–H groups in total. The van der Waals surface area contributed by atoms with Crippen molar-refractivity contribution in [2.24, 2.45) is 5.92 Å². The third-order valence-electron chi connectivity index (χ3n) is 3.95. The van der Waals surface area contributed by atoms with Gasteiger partial charge in [0.25, 0.3) is 0 Å². The van der Waals surface area contributed by atoms with Crippen molar-refractivity contribution in [3.8, 4) is 0 Å². The molecule has 0 saturated carbocycles. The second-order valence-electron chi connectivity index (χ2n) is 5.69. The summed E-state index contributed by atoms with van der Waals surface area (Å²) in [6.07, 6.45) is 5.89. The van der Waals surface area contributed by atoms with Gasteiger partial charge in [-0.1, -0.05) is 13.3 Å². The Kier molecular flexibility index (Phi) is 5.31. The standard InChI is InChI=1S/C16H23N3O2/c1-3-4-14-10-19(11-15(14)18-12(2)20)16(21)9-13-5-7-17-8-6-13/h5-8,14-15H,3-4,9-11H2,1-2H3,(H,18,20)/t14-,15-/m0/s1.